The van der Waals surface area contributed by atoms with Crippen LogP contribution in [0.2, 0.25) is 0 Å². The van der Waals surface area contributed by atoms with E-state index in [0.717, 1.165) is 55.4 Å². The Morgan fingerprint density at radius 1 is 1.29 bits per heavy atom. The quantitative estimate of drug-likeness (QED) is 0.525. The van der Waals surface area contributed by atoms with E-state index in [0.29, 0.717) is 0 Å². The maximum atomic E-state index is 6.66. The van der Waals surface area contributed by atoms with Gasteiger partial charge in [-0.2, -0.15) is 0 Å². The number of rotatable bonds is 7. The van der Waals surface area contributed by atoms with Crippen molar-refractivity contribution in [1.29, 1.82) is 0 Å². The lowest BCUT2D eigenvalue weighted by molar-refractivity contribution is 0.864. The second-order valence-corrected chi connectivity index (χ2v) is 8.98. The Morgan fingerprint density at radius 3 is 2.68 bits per heavy atom. The van der Waals surface area contributed by atoms with Crippen LogP contribution >= 0.6 is 23.1 Å². The largest absolute Gasteiger partial charge is 0.398 e. The number of nitrogens with two attached hydrogens (primary N) is 1. The SMILES string of the molecule is CCCCS/C(C)=C(\N)c1c(-c2cnc(C)n2C)cc(-c2nccs2)nc1C. The Morgan fingerprint density at radius 2 is 2.07 bits per heavy atom. The molecule has 28 heavy (non-hydrogen) atoms. The monoisotopic (exact) mass is 413 g/mol. The van der Waals surface area contributed by atoms with Crippen molar-refractivity contribution in [2.75, 3.05) is 5.75 Å². The third-order valence-electron chi connectivity index (χ3n) is 4.81. The Labute approximate surface area is 175 Å². The highest BCUT2D eigenvalue weighted by molar-refractivity contribution is 8.03. The molecule has 2 N–H and O–H groups in total. The second kappa shape index (κ2) is 8.92. The van der Waals surface area contributed by atoms with Crippen LogP contribution in [0, 0.1) is 13.8 Å². The molecule has 3 rings (SSSR count). The average molecular weight is 414 g/mol. The molecule has 0 unspecified atom stereocenters. The van der Waals surface area contributed by atoms with E-state index in [2.05, 4.69) is 34.4 Å². The van der Waals surface area contributed by atoms with Gasteiger partial charge in [-0.1, -0.05) is 13.3 Å². The van der Waals surface area contributed by atoms with Gasteiger partial charge in [-0.15, -0.1) is 23.1 Å². The third-order valence-corrected chi connectivity index (χ3v) is 6.75. The minimum Gasteiger partial charge on any atom is -0.398 e. The summed E-state index contributed by atoms with van der Waals surface area (Å²) in [5.41, 5.74) is 12.3. The summed E-state index contributed by atoms with van der Waals surface area (Å²) in [6.45, 7) is 8.33. The number of nitrogens with zero attached hydrogens (tertiary/aromatic N) is 4. The van der Waals surface area contributed by atoms with E-state index in [1.165, 1.54) is 12.8 Å². The maximum Gasteiger partial charge on any atom is 0.141 e. The highest BCUT2D eigenvalue weighted by atomic mass is 32.2. The lowest BCUT2D eigenvalue weighted by Gasteiger charge is -2.17. The van der Waals surface area contributed by atoms with Crippen molar-refractivity contribution >= 4 is 28.8 Å². The van der Waals surface area contributed by atoms with Crippen molar-refractivity contribution < 1.29 is 0 Å². The zero-order valence-corrected chi connectivity index (χ0v) is 18.7. The fourth-order valence-corrected chi connectivity index (χ4v) is 4.64. The molecule has 0 bridgehead atoms. The summed E-state index contributed by atoms with van der Waals surface area (Å²) in [6, 6.07) is 2.09. The van der Waals surface area contributed by atoms with Gasteiger partial charge in [-0.25, -0.2) is 15.0 Å². The van der Waals surface area contributed by atoms with E-state index in [1.54, 1.807) is 11.3 Å². The molecule has 148 valence electrons. The summed E-state index contributed by atoms with van der Waals surface area (Å²) in [5, 5.41) is 2.88. The fraction of sp³-hybridized carbons (Fsp3) is 0.381. The molecule has 3 heterocycles. The zero-order valence-electron chi connectivity index (χ0n) is 17.1. The van der Waals surface area contributed by atoms with Gasteiger partial charge in [0.2, 0.25) is 0 Å². The summed E-state index contributed by atoms with van der Waals surface area (Å²) in [7, 11) is 2.03. The predicted octanol–water partition coefficient (Wildman–Crippen LogP) is 5.40. The molecule has 7 heteroatoms. The molecule has 0 fully saturated rings. The van der Waals surface area contributed by atoms with Gasteiger partial charge < -0.3 is 10.3 Å². The molecule has 5 nitrogen and oxygen atoms in total. The Hall–Kier alpha value is -2.12. The Balaban J connectivity index is 2.18. The highest BCUT2D eigenvalue weighted by Crippen LogP contribution is 2.36. The van der Waals surface area contributed by atoms with Crippen LogP contribution in [0.15, 0.2) is 28.7 Å². The molecule has 0 aliphatic rings. The van der Waals surface area contributed by atoms with Gasteiger partial charge in [0.05, 0.1) is 23.3 Å². The molecule has 0 aromatic carbocycles. The molecule has 0 aliphatic heterocycles. The predicted molar refractivity (Wildman–Crippen MR) is 121 cm³/mol. The average Bonchev–Trinajstić information content (AvgIpc) is 3.32. The first-order chi connectivity index (χ1) is 13.4. The normalized spacial score (nSPS) is 12.3. The second-order valence-electron chi connectivity index (χ2n) is 6.77. The van der Waals surface area contributed by atoms with E-state index >= 15 is 0 Å². The number of hydrogen-bond acceptors (Lipinski definition) is 6. The van der Waals surface area contributed by atoms with Crippen LogP contribution in [0.5, 0.6) is 0 Å². The van der Waals surface area contributed by atoms with Gasteiger partial charge in [0.25, 0.3) is 0 Å². The van der Waals surface area contributed by atoms with Crippen molar-refractivity contribution in [3.05, 3.63) is 45.8 Å². The van der Waals surface area contributed by atoms with E-state index < -0.39 is 0 Å². The Kier molecular flexibility index (Phi) is 6.57. The molecule has 0 atom stereocenters. The van der Waals surface area contributed by atoms with Crippen molar-refractivity contribution in [3.63, 3.8) is 0 Å². The van der Waals surface area contributed by atoms with Crippen LogP contribution in [0.4, 0.5) is 0 Å². The molecule has 0 radical (unpaired) electrons. The summed E-state index contributed by atoms with van der Waals surface area (Å²) in [4.78, 5) is 14.9. The van der Waals surface area contributed by atoms with Gasteiger partial charge in [-0.3, -0.25) is 0 Å². The number of thioether (sulfide) groups is 1. The molecule has 0 saturated heterocycles. The highest BCUT2D eigenvalue weighted by Gasteiger charge is 2.19. The number of imidazole rings is 1. The van der Waals surface area contributed by atoms with Crippen molar-refractivity contribution in [3.8, 4) is 22.0 Å². The third kappa shape index (κ3) is 4.15. The van der Waals surface area contributed by atoms with Gasteiger partial charge in [0.1, 0.15) is 10.8 Å². The van der Waals surface area contributed by atoms with Gasteiger partial charge in [-0.05, 0) is 39.0 Å². The van der Waals surface area contributed by atoms with Crippen molar-refractivity contribution in [2.24, 2.45) is 12.8 Å². The van der Waals surface area contributed by atoms with Gasteiger partial charge in [0, 0.05) is 40.4 Å². The minimum atomic E-state index is 0.797. The van der Waals surface area contributed by atoms with E-state index in [4.69, 9.17) is 10.7 Å². The van der Waals surface area contributed by atoms with Crippen LogP contribution in [0.25, 0.3) is 27.7 Å². The summed E-state index contributed by atoms with van der Waals surface area (Å²) >= 11 is 3.41. The standard InChI is InChI=1S/C21H27N5S2/c1-6-7-9-27-14(3)20(22)19-13(2)25-17(21-23-8-10-28-21)11-16(19)18-12-24-15(4)26(18)5/h8,10-12H,6-7,9,22H2,1-5H3/b20-14-. The smallest absolute Gasteiger partial charge is 0.141 e. The maximum absolute atomic E-state index is 6.66. The molecule has 3 aromatic rings. The van der Waals surface area contributed by atoms with Crippen LogP contribution in [-0.4, -0.2) is 25.3 Å². The number of unbranched alkanes of at least 4 members (excludes halogenated alkanes) is 1. The number of allylic oxidation sites excluding steroid dienone is 1. The minimum absolute atomic E-state index is 0.797. The lowest BCUT2D eigenvalue weighted by atomic mass is 9.99. The number of thiazole rings is 1. The number of aromatic nitrogens is 4. The van der Waals surface area contributed by atoms with Crippen molar-refractivity contribution in [2.45, 2.75) is 40.5 Å². The molecule has 3 aromatic heterocycles. The molecule has 0 saturated carbocycles. The number of hydrogen-bond donors (Lipinski definition) is 1. The molecule has 0 spiro atoms. The molecular weight excluding hydrogens is 386 g/mol. The number of aryl methyl sites for hydroxylation is 2. The topological polar surface area (TPSA) is 69.6 Å². The summed E-state index contributed by atoms with van der Waals surface area (Å²) < 4.78 is 2.09. The van der Waals surface area contributed by atoms with E-state index in [-0.39, 0.29) is 0 Å². The van der Waals surface area contributed by atoms with Gasteiger partial charge >= 0.3 is 0 Å². The van der Waals surface area contributed by atoms with Crippen LogP contribution < -0.4 is 5.73 Å². The van der Waals surface area contributed by atoms with Crippen LogP contribution in [-0.2, 0) is 7.05 Å². The lowest BCUT2D eigenvalue weighted by Crippen LogP contribution is -2.08. The van der Waals surface area contributed by atoms with Crippen LogP contribution in [0.3, 0.4) is 0 Å². The fourth-order valence-electron chi connectivity index (χ4n) is 3.05. The number of pyridine rings is 1. The first-order valence-electron chi connectivity index (χ1n) is 9.43. The molecule has 0 aliphatic carbocycles. The zero-order chi connectivity index (χ0) is 20.3. The molecule has 0 amide bonds. The first kappa shape index (κ1) is 20.6. The van der Waals surface area contributed by atoms with Gasteiger partial charge in [0.15, 0.2) is 0 Å². The Bertz CT molecular complexity index is 987. The summed E-state index contributed by atoms with van der Waals surface area (Å²) in [6.07, 6.45) is 6.08. The van der Waals surface area contributed by atoms with E-state index in [1.807, 2.05) is 50.4 Å². The first-order valence-corrected chi connectivity index (χ1v) is 11.3. The molecular formula is C21H27N5S2. The van der Waals surface area contributed by atoms with E-state index in [9.17, 15) is 0 Å². The summed E-state index contributed by atoms with van der Waals surface area (Å²) in [5.74, 6) is 2.04. The van der Waals surface area contributed by atoms with Crippen LogP contribution in [0.1, 0.15) is 43.8 Å². The van der Waals surface area contributed by atoms with Crippen molar-refractivity contribution in [1.82, 2.24) is 19.5 Å².